The van der Waals surface area contributed by atoms with Crippen LogP contribution in [0.2, 0.25) is 0 Å². The van der Waals surface area contributed by atoms with Gasteiger partial charge in [-0.25, -0.2) is 4.79 Å². The van der Waals surface area contributed by atoms with Crippen LogP contribution < -0.4 is 11.1 Å². The van der Waals surface area contributed by atoms with Gasteiger partial charge in [0.2, 0.25) is 0 Å². The Morgan fingerprint density at radius 3 is 2.53 bits per heavy atom. The van der Waals surface area contributed by atoms with Gasteiger partial charge in [0, 0.05) is 25.8 Å². The average molecular weight is 237 g/mol. The third-order valence-electron chi connectivity index (χ3n) is 2.33. The van der Waals surface area contributed by atoms with Crippen molar-refractivity contribution in [2.24, 2.45) is 5.73 Å². The molecule has 5 heteroatoms. The van der Waals surface area contributed by atoms with E-state index >= 15 is 0 Å². The molecular formula is C12H19N3O2. The van der Waals surface area contributed by atoms with Crippen LogP contribution in [0.3, 0.4) is 0 Å². The Labute approximate surface area is 101 Å². The number of anilines is 1. The van der Waals surface area contributed by atoms with Gasteiger partial charge >= 0.3 is 6.03 Å². The minimum atomic E-state index is -0.537. The molecule has 1 atom stereocenters. The molecule has 0 aliphatic rings. The quantitative estimate of drug-likeness (QED) is 0.730. The average Bonchev–Trinajstić information content (AvgIpc) is 2.29. The number of nitrogens with zero attached hydrogens (tertiary/aromatic N) is 1. The van der Waals surface area contributed by atoms with Gasteiger partial charge in [-0.2, -0.15) is 0 Å². The molecule has 4 N–H and O–H groups in total. The maximum absolute atomic E-state index is 11.7. The van der Waals surface area contributed by atoms with Crippen LogP contribution in [-0.4, -0.2) is 35.7 Å². The van der Waals surface area contributed by atoms with Gasteiger partial charge in [0.15, 0.2) is 0 Å². The summed E-state index contributed by atoms with van der Waals surface area (Å²) in [6, 6.07) is 7.09. The van der Waals surface area contributed by atoms with Crippen LogP contribution >= 0.6 is 0 Å². The van der Waals surface area contributed by atoms with E-state index in [0.717, 1.165) is 5.56 Å². The molecule has 17 heavy (non-hydrogen) atoms. The van der Waals surface area contributed by atoms with Crippen LogP contribution in [0, 0.1) is 0 Å². The van der Waals surface area contributed by atoms with E-state index in [4.69, 9.17) is 5.73 Å². The van der Waals surface area contributed by atoms with Crippen molar-refractivity contribution in [3.8, 4) is 0 Å². The number of urea groups is 1. The molecular weight excluding hydrogens is 218 g/mol. The number of nitrogens with one attached hydrogen (secondary N) is 1. The Bertz CT molecular complexity index is 363. The molecule has 0 aromatic heterocycles. The lowest BCUT2D eigenvalue weighted by Gasteiger charge is -2.19. The number of aliphatic hydroxyl groups excluding tert-OH is 1. The van der Waals surface area contributed by atoms with Crippen LogP contribution in [0.5, 0.6) is 0 Å². The fourth-order valence-electron chi connectivity index (χ4n) is 1.42. The molecule has 1 aromatic rings. The van der Waals surface area contributed by atoms with Crippen molar-refractivity contribution in [3.05, 3.63) is 29.8 Å². The van der Waals surface area contributed by atoms with Crippen molar-refractivity contribution < 1.29 is 9.90 Å². The zero-order chi connectivity index (χ0) is 12.8. The molecule has 0 fully saturated rings. The summed E-state index contributed by atoms with van der Waals surface area (Å²) in [6.07, 6.45) is -0.537. The SMILES string of the molecule is CC(O)CN(C)C(=O)Nc1ccc(CN)cc1. The van der Waals surface area contributed by atoms with E-state index < -0.39 is 6.10 Å². The monoisotopic (exact) mass is 237 g/mol. The van der Waals surface area contributed by atoms with Gasteiger partial charge in [-0.05, 0) is 24.6 Å². The molecule has 94 valence electrons. The summed E-state index contributed by atoms with van der Waals surface area (Å²) < 4.78 is 0. The molecule has 0 bridgehead atoms. The van der Waals surface area contributed by atoms with Crippen molar-refractivity contribution in [1.29, 1.82) is 0 Å². The molecule has 5 nitrogen and oxygen atoms in total. The fraction of sp³-hybridized carbons (Fsp3) is 0.417. The lowest BCUT2D eigenvalue weighted by atomic mass is 10.2. The van der Waals surface area contributed by atoms with E-state index in [1.165, 1.54) is 4.90 Å². The summed E-state index contributed by atoms with van der Waals surface area (Å²) in [5, 5.41) is 11.9. The molecule has 0 aliphatic carbocycles. The standard InChI is InChI=1S/C12H19N3O2/c1-9(16)8-15(2)12(17)14-11-5-3-10(7-13)4-6-11/h3-6,9,16H,7-8,13H2,1-2H3,(H,14,17). The second-order valence-corrected chi connectivity index (χ2v) is 4.06. The molecule has 0 saturated heterocycles. The number of carbonyl (C=O) groups is 1. The van der Waals surface area contributed by atoms with Gasteiger partial charge in [-0.15, -0.1) is 0 Å². The van der Waals surface area contributed by atoms with Crippen molar-refractivity contribution in [3.63, 3.8) is 0 Å². The molecule has 0 heterocycles. The first-order valence-electron chi connectivity index (χ1n) is 5.52. The van der Waals surface area contributed by atoms with Crippen molar-refractivity contribution >= 4 is 11.7 Å². The zero-order valence-corrected chi connectivity index (χ0v) is 10.2. The molecule has 2 amide bonds. The van der Waals surface area contributed by atoms with Gasteiger partial charge in [0.1, 0.15) is 0 Å². The number of aliphatic hydroxyl groups is 1. The summed E-state index contributed by atoms with van der Waals surface area (Å²) in [7, 11) is 1.64. The van der Waals surface area contributed by atoms with Crippen LogP contribution in [0.4, 0.5) is 10.5 Å². The van der Waals surface area contributed by atoms with Gasteiger partial charge in [-0.3, -0.25) is 0 Å². The molecule has 1 rings (SSSR count). The Morgan fingerprint density at radius 2 is 2.06 bits per heavy atom. The largest absolute Gasteiger partial charge is 0.392 e. The maximum atomic E-state index is 11.7. The number of amides is 2. The van der Waals surface area contributed by atoms with Crippen molar-refractivity contribution in [1.82, 2.24) is 4.90 Å². The highest BCUT2D eigenvalue weighted by Gasteiger charge is 2.10. The highest BCUT2D eigenvalue weighted by Crippen LogP contribution is 2.09. The van der Waals surface area contributed by atoms with Crippen LogP contribution in [-0.2, 0) is 6.54 Å². The Kier molecular flexibility index (Phi) is 4.93. The maximum Gasteiger partial charge on any atom is 0.321 e. The van der Waals surface area contributed by atoms with Crippen molar-refractivity contribution in [2.75, 3.05) is 18.9 Å². The number of likely N-dealkylation sites (N-methyl/N-ethyl adjacent to an activating group) is 1. The summed E-state index contributed by atoms with van der Waals surface area (Å²) in [6.45, 7) is 2.42. The first kappa shape index (κ1) is 13.5. The summed E-state index contributed by atoms with van der Waals surface area (Å²) >= 11 is 0. The van der Waals surface area contributed by atoms with E-state index in [-0.39, 0.29) is 6.03 Å². The number of rotatable bonds is 4. The van der Waals surface area contributed by atoms with E-state index in [0.29, 0.717) is 18.8 Å². The molecule has 0 radical (unpaired) electrons. The highest BCUT2D eigenvalue weighted by molar-refractivity contribution is 5.89. The van der Waals surface area contributed by atoms with Crippen molar-refractivity contribution in [2.45, 2.75) is 19.6 Å². The van der Waals surface area contributed by atoms with Gasteiger partial charge < -0.3 is 21.1 Å². The number of hydrogen-bond acceptors (Lipinski definition) is 3. The van der Waals surface area contributed by atoms with Gasteiger partial charge in [0.25, 0.3) is 0 Å². The molecule has 0 saturated carbocycles. The highest BCUT2D eigenvalue weighted by atomic mass is 16.3. The van der Waals surface area contributed by atoms with Gasteiger partial charge in [0.05, 0.1) is 6.10 Å². The minimum absolute atomic E-state index is 0.244. The minimum Gasteiger partial charge on any atom is -0.392 e. The normalized spacial score (nSPS) is 12.0. The smallest absolute Gasteiger partial charge is 0.321 e. The van der Waals surface area contributed by atoms with Crippen LogP contribution in [0.25, 0.3) is 0 Å². The number of carbonyl (C=O) groups excluding carboxylic acids is 1. The topological polar surface area (TPSA) is 78.6 Å². The Morgan fingerprint density at radius 1 is 1.47 bits per heavy atom. The predicted octanol–water partition coefficient (Wildman–Crippen LogP) is 0.990. The second-order valence-electron chi connectivity index (χ2n) is 4.06. The van der Waals surface area contributed by atoms with E-state index in [2.05, 4.69) is 5.32 Å². The second kappa shape index (κ2) is 6.22. The third-order valence-corrected chi connectivity index (χ3v) is 2.33. The number of benzene rings is 1. The van der Waals surface area contributed by atoms with E-state index in [9.17, 15) is 9.90 Å². The first-order valence-corrected chi connectivity index (χ1v) is 5.52. The van der Waals surface area contributed by atoms with Gasteiger partial charge in [-0.1, -0.05) is 12.1 Å². The lowest BCUT2D eigenvalue weighted by molar-refractivity contribution is 0.149. The molecule has 0 spiro atoms. The number of nitrogens with two attached hydrogens (primary N) is 1. The fourth-order valence-corrected chi connectivity index (χ4v) is 1.42. The van der Waals surface area contributed by atoms with Crippen LogP contribution in [0.1, 0.15) is 12.5 Å². The zero-order valence-electron chi connectivity index (χ0n) is 10.2. The summed E-state index contributed by atoms with van der Waals surface area (Å²) in [4.78, 5) is 13.1. The molecule has 1 unspecified atom stereocenters. The van der Waals surface area contributed by atoms with E-state index in [1.54, 1.807) is 26.1 Å². The molecule has 0 aliphatic heterocycles. The first-order chi connectivity index (χ1) is 8.02. The van der Waals surface area contributed by atoms with Crippen LogP contribution in [0.15, 0.2) is 24.3 Å². The van der Waals surface area contributed by atoms with E-state index in [1.807, 2.05) is 12.1 Å². The number of hydrogen-bond donors (Lipinski definition) is 3. The third kappa shape index (κ3) is 4.42. The summed E-state index contributed by atoms with van der Waals surface area (Å²) in [5.41, 5.74) is 7.21. The summed E-state index contributed by atoms with van der Waals surface area (Å²) in [5.74, 6) is 0. The Balaban J connectivity index is 2.55. The lowest BCUT2D eigenvalue weighted by Crippen LogP contribution is -2.36. The predicted molar refractivity (Wildman–Crippen MR) is 67.7 cm³/mol. The molecule has 1 aromatic carbocycles. The Hall–Kier alpha value is -1.59.